The molecule has 1 N–H and O–H groups in total. The first kappa shape index (κ1) is 18.2. The zero-order valence-corrected chi connectivity index (χ0v) is 15.1. The van der Waals surface area contributed by atoms with Crippen molar-refractivity contribution < 1.29 is 18.0 Å². The number of amides is 2. The predicted octanol–water partition coefficient (Wildman–Crippen LogP) is 1.81. The molecule has 0 fully saturated rings. The Labute approximate surface area is 142 Å². The lowest BCUT2D eigenvalue weighted by molar-refractivity contribution is -0.128. The van der Waals surface area contributed by atoms with E-state index in [0.717, 1.165) is 12.0 Å². The number of benzene rings is 1. The summed E-state index contributed by atoms with van der Waals surface area (Å²) in [5.41, 5.74) is 1.58. The maximum Gasteiger partial charge on any atom is 0.268 e. The van der Waals surface area contributed by atoms with Gasteiger partial charge in [0.1, 0.15) is 11.4 Å². The highest BCUT2D eigenvalue weighted by Gasteiger charge is 2.43. The first-order valence-electron chi connectivity index (χ1n) is 7.82. The van der Waals surface area contributed by atoms with E-state index >= 15 is 0 Å². The van der Waals surface area contributed by atoms with Crippen LogP contribution in [-0.4, -0.2) is 37.1 Å². The largest absolute Gasteiger partial charge is 0.352 e. The Kier molecular flexibility index (Phi) is 5.13. The fourth-order valence-electron chi connectivity index (χ4n) is 2.48. The van der Waals surface area contributed by atoms with Gasteiger partial charge < -0.3 is 5.32 Å². The van der Waals surface area contributed by atoms with Crippen molar-refractivity contribution in [2.75, 3.05) is 6.54 Å². The van der Waals surface area contributed by atoms with Crippen LogP contribution in [0.2, 0.25) is 0 Å². The topological polar surface area (TPSA) is 83.6 Å². The third kappa shape index (κ3) is 3.36. The third-order valence-corrected chi connectivity index (χ3v) is 5.99. The van der Waals surface area contributed by atoms with Crippen LogP contribution in [0.4, 0.5) is 0 Å². The lowest BCUT2D eigenvalue weighted by Crippen LogP contribution is -2.43. The van der Waals surface area contributed by atoms with E-state index in [1.807, 2.05) is 20.8 Å². The van der Waals surface area contributed by atoms with Crippen LogP contribution in [0.25, 0.3) is 4.91 Å². The number of sulfonamides is 1. The van der Waals surface area contributed by atoms with Crippen LogP contribution in [0.15, 0.2) is 29.8 Å². The molecule has 0 saturated carbocycles. The number of nitrogens with zero attached hydrogens (tertiary/aromatic N) is 1. The molecule has 7 heteroatoms. The van der Waals surface area contributed by atoms with Gasteiger partial charge >= 0.3 is 0 Å². The van der Waals surface area contributed by atoms with Crippen LogP contribution < -0.4 is 5.32 Å². The normalized spacial score (nSPS) is 18.0. The van der Waals surface area contributed by atoms with Crippen LogP contribution >= 0.6 is 0 Å². The van der Waals surface area contributed by atoms with E-state index in [9.17, 15) is 18.0 Å². The molecular formula is C17H22N2O4S. The molecule has 0 saturated heterocycles. The monoisotopic (exact) mass is 350 g/mol. The summed E-state index contributed by atoms with van der Waals surface area (Å²) in [6, 6.07) is 6.83. The van der Waals surface area contributed by atoms with Crippen LogP contribution in [0.1, 0.15) is 38.3 Å². The second-order valence-corrected chi connectivity index (χ2v) is 7.81. The molecule has 24 heavy (non-hydrogen) atoms. The third-order valence-electron chi connectivity index (χ3n) is 4.06. The minimum absolute atomic E-state index is 0.0242. The first-order chi connectivity index (χ1) is 11.2. The molecule has 0 unspecified atom stereocenters. The van der Waals surface area contributed by atoms with E-state index in [1.54, 1.807) is 24.3 Å². The number of rotatable bonds is 5. The van der Waals surface area contributed by atoms with Gasteiger partial charge in [-0.1, -0.05) is 36.8 Å². The molecule has 0 aliphatic carbocycles. The van der Waals surface area contributed by atoms with Crippen LogP contribution in [0.5, 0.6) is 0 Å². The standard InChI is InChI=1S/C17H22N2O4S/c1-5-12(3)18-15(20)10-19-17(21)13(4)16(24(19,22)23)14-8-6-11(2)7-9-14/h6-9,12H,5,10H2,1-4H3,(H,18,20)/t12-/m1/s1. The molecule has 0 aromatic heterocycles. The summed E-state index contributed by atoms with van der Waals surface area (Å²) in [4.78, 5) is 24.4. The fourth-order valence-corrected chi connectivity index (χ4v) is 4.25. The fraction of sp³-hybridized carbons (Fsp3) is 0.412. The summed E-state index contributed by atoms with van der Waals surface area (Å²) in [5, 5.41) is 2.68. The van der Waals surface area contributed by atoms with Crippen molar-refractivity contribution in [3.05, 3.63) is 41.0 Å². The summed E-state index contributed by atoms with van der Waals surface area (Å²) in [7, 11) is -4.03. The number of hydrogen-bond donors (Lipinski definition) is 1. The zero-order valence-electron chi connectivity index (χ0n) is 14.3. The molecule has 1 aliphatic heterocycles. The maximum absolute atomic E-state index is 12.8. The molecule has 0 radical (unpaired) electrons. The van der Waals surface area contributed by atoms with Gasteiger partial charge in [-0.3, -0.25) is 9.59 Å². The van der Waals surface area contributed by atoms with E-state index in [-0.39, 0.29) is 16.5 Å². The van der Waals surface area contributed by atoms with E-state index < -0.39 is 28.4 Å². The van der Waals surface area contributed by atoms with Crippen molar-refractivity contribution in [2.45, 2.75) is 40.2 Å². The van der Waals surface area contributed by atoms with Gasteiger partial charge in [0.15, 0.2) is 0 Å². The minimum atomic E-state index is -4.03. The molecule has 0 spiro atoms. The number of aryl methyl sites for hydroxylation is 1. The number of hydrogen-bond acceptors (Lipinski definition) is 4. The second kappa shape index (κ2) is 6.76. The lowest BCUT2D eigenvalue weighted by Gasteiger charge is -2.18. The predicted molar refractivity (Wildman–Crippen MR) is 92.3 cm³/mol. The van der Waals surface area contributed by atoms with Crippen molar-refractivity contribution in [3.63, 3.8) is 0 Å². The Morgan fingerprint density at radius 2 is 1.79 bits per heavy atom. The molecule has 1 aliphatic rings. The SMILES string of the molecule is CC[C@@H](C)NC(=O)CN1C(=O)C(C)=C(c2ccc(C)cc2)S1(=O)=O. The highest BCUT2D eigenvalue weighted by Crippen LogP contribution is 2.35. The molecule has 0 bridgehead atoms. The van der Waals surface area contributed by atoms with Gasteiger partial charge in [0, 0.05) is 11.6 Å². The molecule has 1 atom stereocenters. The van der Waals surface area contributed by atoms with Crippen molar-refractivity contribution in [2.24, 2.45) is 0 Å². The van der Waals surface area contributed by atoms with Gasteiger partial charge in [0.25, 0.3) is 15.9 Å². The summed E-state index contributed by atoms with van der Waals surface area (Å²) < 4.78 is 26.2. The lowest BCUT2D eigenvalue weighted by atomic mass is 10.1. The Morgan fingerprint density at radius 1 is 1.21 bits per heavy atom. The number of nitrogens with one attached hydrogen (secondary N) is 1. The molecule has 1 heterocycles. The number of carbonyl (C=O) groups excluding carboxylic acids is 2. The summed E-state index contributed by atoms with van der Waals surface area (Å²) in [5.74, 6) is -1.14. The van der Waals surface area contributed by atoms with Gasteiger partial charge in [-0.2, -0.15) is 0 Å². The van der Waals surface area contributed by atoms with Crippen LogP contribution in [0, 0.1) is 6.92 Å². The van der Waals surface area contributed by atoms with Crippen LogP contribution in [0.3, 0.4) is 0 Å². The molecule has 130 valence electrons. The Balaban J connectivity index is 2.32. The summed E-state index contributed by atoms with van der Waals surface area (Å²) in [6.45, 7) is 6.59. The Morgan fingerprint density at radius 3 is 2.33 bits per heavy atom. The van der Waals surface area contributed by atoms with Crippen molar-refractivity contribution in [1.82, 2.24) is 9.62 Å². The zero-order chi connectivity index (χ0) is 18.1. The average molecular weight is 350 g/mol. The van der Waals surface area contributed by atoms with E-state index in [4.69, 9.17) is 0 Å². The molecule has 1 aromatic rings. The van der Waals surface area contributed by atoms with Crippen LogP contribution in [-0.2, 0) is 19.6 Å². The smallest absolute Gasteiger partial charge is 0.268 e. The highest BCUT2D eigenvalue weighted by molar-refractivity contribution is 7.99. The van der Waals surface area contributed by atoms with Crippen molar-refractivity contribution in [1.29, 1.82) is 0 Å². The quantitative estimate of drug-likeness (QED) is 0.878. The van der Waals surface area contributed by atoms with Gasteiger partial charge in [-0.15, -0.1) is 0 Å². The molecule has 2 rings (SSSR count). The Hall–Kier alpha value is -2.15. The molecular weight excluding hydrogens is 328 g/mol. The van der Waals surface area contributed by atoms with Gasteiger partial charge in [-0.25, -0.2) is 12.7 Å². The summed E-state index contributed by atoms with van der Waals surface area (Å²) >= 11 is 0. The van der Waals surface area contributed by atoms with Gasteiger partial charge in [0.2, 0.25) is 5.91 Å². The minimum Gasteiger partial charge on any atom is -0.352 e. The summed E-state index contributed by atoms with van der Waals surface area (Å²) in [6.07, 6.45) is 0.721. The highest BCUT2D eigenvalue weighted by atomic mass is 32.2. The van der Waals surface area contributed by atoms with E-state index in [0.29, 0.717) is 9.87 Å². The van der Waals surface area contributed by atoms with E-state index in [1.165, 1.54) is 6.92 Å². The molecule has 2 amide bonds. The second-order valence-electron chi connectivity index (χ2n) is 6.01. The van der Waals surface area contributed by atoms with Gasteiger partial charge in [0.05, 0.1) is 0 Å². The van der Waals surface area contributed by atoms with Gasteiger partial charge in [-0.05, 0) is 32.8 Å². The number of carbonyl (C=O) groups is 2. The van der Waals surface area contributed by atoms with Crippen molar-refractivity contribution in [3.8, 4) is 0 Å². The maximum atomic E-state index is 12.8. The molecule has 1 aromatic carbocycles. The average Bonchev–Trinajstić information content (AvgIpc) is 2.68. The molecule has 6 nitrogen and oxygen atoms in total. The van der Waals surface area contributed by atoms with E-state index in [2.05, 4.69) is 5.32 Å². The first-order valence-corrected chi connectivity index (χ1v) is 9.26. The Bertz CT molecular complexity index is 794. The van der Waals surface area contributed by atoms with Crippen molar-refractivity contribution >= 4 is 26.7 Å².